The molecular formula is C29H19N9O. The van der Waals surface area contributed by atoms with Crippen LogP contribution in [0.2, 0.25) is 0 Å². The first-order valence-corrected chi connectivity index (χ1v) is 12.1. The second kappa shape index (κ2) is 9.27. The second-order valence-electron chi connectivity index (χ2n) is 8.85. The highest BCUT2D eigenvalue weighted by molar-refractivity contribution is 6.04. The third-order valence-corrected chi connectivity index (χ3v) is 6.36. The molecule has 10 heteroatoms. The molecule has 3 N–H and O–H groups in total. The molecular weight excluding hydrogens is 490 g/mol. The van der Waals surface area contributed by atoms with Crippen LogP contribution in [0.1, 0.15) is 10.4 Å². The monoisotopic (exact) mass is 509 g/mol. The summed E-state index contributed by atoms with van der Waals surface area (Å²) >= 11 is 0. The fourth-order valence-corrected chi connectivity index (χ4v) is 4.47. The van der Waals surface area contributed by atoms with Crippen LogP contribution in [0.4, 0.5) is 5.69 Å². The van der Waals surface area contributed by atoms with Gasteiger partial charge in [-0.3, -0.25) is 24.8 Å². The zero-order valence-corrected chi connectivity index (χ0v) is 20.3. The predicted octanol–water partition coefficient (Wildman–Crippen LogP) is 5.27. The van der Waals surface area contributed by atoms with Gasteiger partial charge in [0.25, 0.3) is 5.91 Å². The number of rotatable bonds is 5. The van der Waals surface area contributed by atoms with Crippen molar-refractivity contribution in [2.75, 3.05) is 5.32 Å². The van der Waals surface area contributed by atoms with Crippen molar-refractivity contribution in [2.24, 2.45) is 0 Å². The number of H-pyrrole nitrogens is 2. The van der Waals surface area contributed by atoms with Gasteiger partial charge in [-0.2, -0.15) is 5.10 Å². The van der Waals surface area contributed by atoms with E-state index in [1.165, 1.54) is 0 Å². The second-order valence-corrected chi connectivity index (χ2v) is 8.85. The molecule has 0 spiro atoms. The van der Waals surface area contributed by atoms with E-state index in [4.69, 9.17) is 4.98 Å². The highest BCUT2D eigenvalue weighted by Crippen LogP contribution is 2.31. The Balaban J connectivity index is 1.25. The highest BCUT2D eigenvalue weighted by Gasteiger charge is 2.17. The van der Waals surface area contributed by atoms with Crippen LogP contribution in [-0.2, 0) is 0 Å². The summed E-state index contributed by atoms with van der Waals surface area (Å²) in [4.78, 5) is 38.4. The van der Waals surface area contributed by atoms with Crippen LogP contribution in [0, 0.1) is 0 Å². The van der Waals surface area contributed by atoms with Crippen LogP contribution in [0.3, 0.4) is 0 Å². The first-order chi connectivity index (χ1) is 19.2. The van der Waals surface area contributed by atoms with E-state index in [2.05, 4.69) is 40.4 Å². The number of nitrogens with one attached hydrogen (secondary N) is 3. The molecule has 1 aromatic carbocycles. The summed E-state index contributed by atoms with van der Waals surface area (Å²) in [5, 5.41) is 11.2. The van der Waals surface area contributed by atoms with Crippen LogP contribution in [0.5, 0.6) is 0 Å². The molecule has 1 amide bonds. The minimum Gasteiger partial charge on any atom is -0.336 e. The molecule has 6 heterocycles. The molecule has 0 aliphatic rings. The molecule has 186 valence electrons. The SMILES string of the molecule is O=C(Nc1cncc(-c2cnc3[nH]nc(-c4nc5c(-c6ccncc6)nccc5[nH]4)c3c2)c1)c1ccccc1. The number of carbonyl (C=O) groups excluding carboxylic acids is 1. The summed E-state index contributed by atoms with van der Waals surface area (Å²) in [6.45, 7) is 0. The van der Waals surface area contributed by atoms with Crippen LogP contribution < -0.4 is 5.32 Å². The van der Waals surface area contributed by atoms with Crippen molar-refractivity contribution in [1.82, 2.24) is 40.1 Å². The lowest BCUT2D eigenvalue weighted by atomic mass is 10.1. The van der Waals surface area contributed by atoms with Crippen LogP contribution in [0.25, 0.3) is 56.0 Å². The van der Waals surface area contributed by atoms with Gasteiger partial charge in [0.05, 0.1) is 28.5 Å². The van der Waals surface area contributed by atoms with E-state index in [1.807, 2.05) is 48.5 Å². The van der Waals surface area contributed by atoms with E-state index in [0.29, 0.717) is 28.4 Å². The Morgan fingerprint density at radius 2 is 1.62 bits per heavy atom. The number of benzene rings is 1. The van der Waals surface area contributed by atoms with Crippen molar-refractivity contribution in [3.63, 3.8) is 0 Å². The molecule has 0 atom stereocenters. The third-order valence-electron chi connectivity index (χ3n) is 6.36. The summed E-state index contributed by atoms with van der Waals surface area (Å²) in [6, 6.07) is 18.6. The van der Waals surface area contributed by atoms with Crippen LogP contribution in [0.15, 0.2) is 97.8 Å². The van der Waals surface area contributed by atoms with Gasteiger partial charge in [-0.25, -0.2) is 9.97 Å². The Morgan fingerprint density at radius 3 is 2.49 bits per heavy atom. The predicted molar refractivity (Wildman–Crippen MR) is 148 cm³/mol. The molecule has 39 heavy (non-hydrogen) atoms. The number of aromatic nitrogens is 8. The number of amides is 1. The van der Waals surface area contributed by atoms with E-state index in [1.54, 1.807) is 49.3 Å². The fraction of sp³-hybridized carbons (Fsp3) is 0. The maximum atomic E-state index is 12.6. The van der Waals surface area contributed by atoms with Crippen molar-refractivity contribution in [2.45, 2.75) is 0 Å². The van der Waals surface area contributed by atoms with Crippen LogP contribution >= 0.6 is 0 Å². The Labute approximate surface area is 221 Å². The Bertz CT molecular complexity index is 1960. The molecule has 0 radical (unpaired) electrons. The average molecular weight is 510 g/mol. The summed E-state index contributed by atoms with van der Waals surface area (Å²) in [6.07, 6.45) is 10.3. The number of pyridine rings is 4. The summed E-state index contributed by atoms with van der Waals surface area (Å²) in [7, 11) is 0. The topological polar surface area (TPSA) is 138 Å². The van der Waals surface area contributed by atoms with Gasteiger partial charge in [-0.05, 0) is 42.5 Å². The number of anilines is 1. The lowest BCUT2D eigenvalue weighted by Gasteiger charge is -2.07. The van der Waals surface area contributed by atoms with Gasteiger partial charge in [0.15, 0.2) is 11.5 Å². The lowest BCUT2D eigenvalue weighted by Crippen LogP contribution is -2.11. The number of hydrogen-bond donors (Lipinski definition) is 3. The average Bonchev–Trinajstić information content (AvgIpc) is 3.62. The van der Waals surface area contributed by atoms with Gasteiger partial charge >= 0.3 is 0 Å². The zero-order chi connectivity index (χ0) is 26.2. The maximum absolute atomic E-state index is 12.6. The summed E-state index contributed by atoms with van der Waals surface area (Å²) in [5.74, 6) is 0.395. The maximum Gasteiger partial charge on any atom is 0.255 e. The minimum atomic E-state index is -0.203. The standard InChI is InChI=1S/C29H19N9O/c39-29(18-4-2-1-3-5-18)34-21-12-19(14-31-16-21)20-13-22-25(37-38-27(22)33-15-20)28-35-23-8-11-32-24(26(23)36-28)17-6-9-30-10-7-17/h1-16H,(H,34,39)(H,35,36)(H,33,37,38). The Hall–Kier alpha value is -5.77. The van der Waals surface area contributed by atoms with Crippen molar-refractivity contribution in [3.05, 3.63) is 103 Å². The Kier molecular flexibility index (Phi) is 5.33. The van der Waals surface area contributed by atoms with Crippen LogP contribution in [-0.4, -0.2) is 46.0 Å². The number of hydrogen-bond acceptors (Lipinski definition) is 7. The number of aromatic amines is 2. The summed E-state index contributed by atoms with van der Waals surface area (Å²) in [5.41, 5.74) is 7.32. The summed E-state index contributed by atoms with van der Waals surface area (Å²) < 4.78 is 0. The normalized spacial score (nSPS) is 11.2. The molecule has 0 unspecified atom stereocenters. The molecule has 0 bridgehead atoms. The van der Waals surface area contributed by atoms with Gasteiger partial charge in [0.2, 0.25) is 0 Å². The van der Waals surface area contributed by atoms with Crippen molar-refractivity contribution in [1.29, 1.82) is 0 Å². The fourth-order valence-electron chi connectivity index (χ4n) is 4.47. The van der Waals surface area contributed by atoms with E-state index in [-0.39, 0.29) is 5.91 Å². The number of imidazole rings is 1. The first kappa shape index (κ1) is 22.4. The highest BCUT2D eigenvalue weighted by atomic mass is 16.1. The van der Waals surface area contributed by atoms with Gasteiger partial charge < -0.3 is 10.3 Å². The molecule has 0 fully saturated rings. The number of carbonyl (C=O) groups is 1. The van der Waals surface area contributed by atoms with Gasteiger partial charge in [0.1, 0.15) is 11.2 Å². The molecule has 0 aliphatic carbocycles. The zero-order valence-electron chi connectivity index (χ0n) is 20.3. The third kappa shape index (κ3) is 4.15. The first-order valence-electron chi connectivity index (χ1n) is 12.1. The molecule has 0 aliphatic heterocycles. The van der Waals surface area contributed by atoms with Gasteiger partial charge in [0, 0.05) is 53.2 Å². The Morgan fingerprint density at radius 1 is 0.769 bits per heavy atom. The van der Waals surface area contributed by atoms with Crippen molar-refractivity contribution >= 4 is 33.7 Å². The van der Waals surface area contributed by atoms with E-state index >= 15 is 0 Å². The van der Waals surface area contributed by atoms with E-state index in [9.17, 15) is 4.79 Å². The lowest BCUT2D eigenvalue weighted by molar-refractivity contribution is 0.102. The molecule has 10 nitrogen and oxygen atoms in total. The minimum absolute atomic E-state index is 0.203. The molecule has 0 saturated heterocycles. The van der Waals surface area contributed by atoms with Gasteiger partial charge in [-0.15, -0.1) is 0 Å². The van der Waals surface area contributed by atoms with E-state index < -0.39 is 0 Å². The largest absolute Gasteiger partial charge is 0.336 e. The molecule has 7 rings (SSSR count). The number of fused-ring (bicyclic) bond motifs is 2. The molecule has 6 aromatic heterocycles. The van der Waals surface area contributed by atoms with Gasteiger partial charge in [-0.1, -0.05) is 18.2 Å². The van der Waals surface area contributed by atoms with Crippen molar-refractivity contribution in [3.8, 4) is 33.9 Å². The smallest absolute Gasteiger partial charge is 0.255 e. The molecule has 0 saturated carbocycles. The molecule has 7 aromatic rings. The van der Waals surface area contributed by atoms with E-state index in [0.717, 1.165) is 38.8 Å². The quantitative estimate of drug-likeness (QED) is 0.287. The van der Waals surface area contributed by atoms with Crippen molar-refractivity contribution < 1.29 is 4.79 Å². The number of nitrogens with zero attached hydrogens (tertiary/aromatic N) is 6.